The van der Waals surface area contributed by atoms with Gasteiger partial charge in [-0.3, -0.25) is 4.40 Å². The Hall–Kier alpha value is -1.81. The number of benzene rings is 1. The van der Waals surface area contributed by atoms with Crippen LogP contribution in [0.5, 0.6) is 0 Å². The van der Waals surface area contributed by atoms with Crippen molar-refractivity contribution in [1.82, 2.24) is 25.2 Å². The molecule has 0 radical (unpaired) electrons. The summed E-state index contributed by atoms with van der Waals surface area (Å²) in [5, 5.41) is 15.1. The molecule has 2 heterocycles. The highest BCUT2D eigenvalue weighted by Gasteiger charge is 2.06. The molecular formula is C19H25IN6S. The second-order valence-electron chi connectivity index (χ2n) is 5.91. The Labute approximate surface area is 181 Å². The summed E-state index contributed by atoms with van der Waals surface area (Å²) < 4.78 is 1.97. The predicted molar refractivity (Wildman–Crippen MR) is 123 cm³/mol. The standard InChI is InChI=1S/C19H24N6S.HI/c1-4-20-19(21-12-15-9-8-14(2)11-16(15)26-3)22-13-18-24-23-17-7-5-6-10-25(17)18;/h5-11H,4,12-13H2,1-3H3,(H2,20,21,22);1H. The minimum absolute atomic E-state index is 0. The van der Waals surface area contributed by atoms with Gasteiger partial charge in [-0.2, -0.15) is 0 Å². The molecule has 27 heavy (non-hydrogen) atoms. The van der Waals surface area contributed by atoms with Crippen molar-refractivity contribution >= 4 is 47.3 Å². The van der Waals surface area contributed by atoms with Crippen molar-refractivity contribution in [3.05, 3.63) is 59.5 Å². The monoisotopic (exact) mass is 496 g/mol. The molecule has 0 bridgehead atoms. The molecule has 144 valence electrons. The molecule has 1 aromatic carbocycles. The molecule has 0 spiro atoms. The van der Waals surface area contributed by atoms with E-state index in [2.05, 4.69) is 59.1 Å². The summed E-state index contributed by atoms with van der Waals surface area (Å²) in [6, 6.07) is 12.4. The summed E-state index contributed by atoms with van der Waals surface area (Å²) in [6.07, 6.45) is 4.06. The Bertz CT molecular complexity index is 908. The number of pyridine rings is 1. The number of fused-ring (bicyclic) bond motifs is 1. The van der Waals surface area contributed by atoms with Gasteiger partial charge in [0.25, 0.3) is 0 Å². The van der Waals surface area contributed by atoms with Crippen LogP contribution in [0.25, 0.3) is 5.65 Å². The molecule has 6 nitrogen and oxygen atoms in total. The number of hydrogen-bond donors (Lipinski definition) is 2. The number of nitrogens with zero attached hydrogens (tertiary/aromatic N) is 4. The summed E-state index contributed by atoms with van der Waals surface area (Å²) in [7, 11) is 0. The first-order valence-electron chi connectivity index (χ1n) is 8.65. The lowest BCUT2D eigenvalue weighted by Crippen LogP contribution is -2.37. The Morgan fingerprint density at radius 1 is 1.19 bits per heavy atom. The van der Waals surface area contributed by atoms with Crippen LogP contribution in [0.4, 0.5) is 0 Å². The molecule has 8 heteroatoms. The van der Waals surface area contributed by atoms with Crippen molar-refractivity contribution in [2.75, 3.05) is 12.8 Å². The molecule has 2 N–H and O–H groups in total. The minimum atomic E-state index is 0. The molecule has 0 fully saturated rings. The lowest BCUT2D eigenvalue weighted by Gasteiger charge is -2.12. The number of aryl methyl sites for hydroxylation is 1. The van der Waals surface area contributed by atoms with Gasteiger partial charge < -0.3 is 10.6 Å². The smallest absolute Gasteiger partial charge is 0.191 e. The van der Waals surface area contributed by atoms with Crippen LogP contribution < -0.4 is 10.6 Å². The molecule has 0 saturated carbocycles. The first-order valence-corrected chi connectivity index (χ1v) is 9.88. The van der Waals surface area contributed by atoms with E-state index in [-0.39, 0.29) is 24.0 Å². The molecular weight excluding hydrogens is 471 g/mol. The van der Waals surface area contributed by atoms with Crippen LogP contribution in [0, 0.1) is 6.92 Å². The van der Waals surface area contributed by atoms with Crippen LogP contribution in [0.2, 0.25) is 0 Å². The maximum absolute atomic E-state index is 4.73. The van der Waals surface area contributed by atoms with Crippen LogP contribution in [0.15, 0.2) is 52.5 Å². The largest absolute Gasteiger partial charge is 0.357 e. The van der Waals surface area contributed by atoms with E-state index in [0.717, 1.165) is 24.0 Å². The summed E-state index contributed by atoms with van der Waals surface area (Å²) in [5.41, 5.74) is 3.34. The van der Waals surface area contributed by atoms with E-state index >= 15 is 0 Å². The lowest BCUT2D eigenvalue weighted by atomic mass is 10.1. The van der Waals surface area contributed by atoms with Crippen molar-refractivity contribution < 1.29 is 0 Å². The predicted octanol–water partition coefficient (Wildman–Crippen LogP) is 3.63. The van der Waals surface area contributed by atoms with Crippen LogP contribution in [0.1, 0.15) is 23.9 Å². The van der Waals surface area contributed by atoms with E-state index in [0.29, 0.717) is 13.1 Å². The van der Waals surface area contributed by atoms with Crippen LogP contribution >= 0.6 is 35.7 Å². The Kier molecular flexibility index (Phi) is 8.36. The van der Waals surface area contributed by atoms with E-state index in [9.17, 15) is 0 Å². The fraction of sp³-hybridized carbons (Fsp3) is 0.316. The molecule has 0 unspecified atom stereocenters. The Balaban J connectivity index is 0.00000261. The maximum Gasteiger partial charge on any atom is 0.191 e. The van der Waals surface area contributed by atoms with Gasteiger partial charge >= 0.3 is 0 Å². The molecule has 0 aliphatic carbocycles. The quantitative estimate of drug-likeness (QED) is 0.236. The van der Waals surface area contributed by atoms with Gasteiger partial charge in [0.15, 0.2) is 17.4 Å². The molecule has 0 aliphatic rings. The number of rotatable bonds is 6. The zero-order valence-electron chi connectivity index (χ0n) is 15.8. The van der Waals surface area contributed by atoms with Gasteiger partial charge in [0.1, 0.15) is 0 Å². The van der Waals surface area contributed by atoms with Crippen molar-refractivity contribution in [2.24, 2.45) is 4.99 Å². The van der Waals surface area contributed by atoms with Crippen molar-refractivity contribution in [3.8, 4) is 0 Å². The number of thioether (sulfide) groups is 1. The minimum Gasteiger partial charge on any atom is -0.357 e. The maximum atomic E-state index is 4.73. The number of nitrogens with one attached hydrogen (secondary N) is 2. The fourth-order valence-electron chi connectivity index (χ4n) is 2.66. The zero-order chi connectivity index (χ0) is 18.4. The first kappa shape index (κ1) is 21.5. The highest BCUT2D eigenvalue weighted by molar-refractivity contribution is 14.0. The molecule has 0 aliphatic heterocycles. The van der Waals surface area contributed by atoms with Gasteiger partial charge in [-0.05, 0) is 49.4 Å². The third-order valence-corrected chi connectivity index (χ3v) is 4.81. The van der Waals surface area contributed by atoms with Gasteiger partial charge in [-0.25, -0.2) is 4.99 Å². The van der Waals surface area contributed by atoms with Crippen LogP contribution in [0.3, 0.4) is 0 Å². The summed E-state index contributed by atoms with van der Waals surface area (Å²) in [6.45, 7) is 6.16. The second kappa shape index (κ2) is 10.5. The van der Waals surface area contributed by atoms with E-state index in [1.807, 2.05) is 28.8 Å². The number of hydrogen-bond acceptors (Lipinski definition) is 4. The van der Waals surface area contributed by atoms with Gasteiger partial charge in [-0.1, -0.05) is 18.2 Å². The summed E-state index contributed by atoms with van der Waals surface area (Å²) >= 11 is 1.76. The number of guanidine groups is 1. The van der Waals surface area contributed by atoms with Crippen LogP contribution in [-0.4, -0.2) is 33.4 Å². The third kappa shape index (κ3) is 5.58. The molecule has 2 aromatic heterocycles. The second-order valence-corrected chi connectivity index (χ2v) is 6.76. The summed E-state index contributed by atoms with van der Waals surface area (Å²) in [5.74, 6) is 1.62. The van der Waals surface area contributed by atoms with Gasteiger partial charge in [0, 0.05) is 17.6 Å². The molecule has 3 rings (SSSR count). The van der Waals surface area contributed by atoms with E-state index in [1.165, 1.54) is 16.0 Å². The number of aliphatic imine (C=N–C) groups is 1. The average molecular weight is 496 g/mol. The van der Waals surface area contributed by atoms with Gasteiger partial charge in [0.05, 0.1) is 13.1 Å². The van der Waals surface area contributed by atoms with E-state index in [4.69, 9.17) is 4.99 Å². The third-order valence-electron chi connectivity index (χ3n) is 3.99. The van der Waals surface area contributed by atoms with Crippen molar-refractivity contribution in [3.63, 3.8) is 0 Å². The lowest BCUT2D eigenvalue weighted by molar-refractivity contribution is 0.764. The van der Waals surface area contributed by atoms with Gasteiger partial charge in [-0.15, -0.1) is 45.9 Å². The van der Waals surface area contributed by atoms with Crippen LogP contribution in [-0.2, 0) is 13.1 Å². The number of aromatic nitrogens is 3. The topological polar surface area (TPSA) is 66.6 Å². The molecule has 0 amide bonds. The van der Waals surface area contributed by atoms with E-state index in [1.54, 1.807) is 11.8 Å². The summed E-state index contributed by atoms with van der Waals surface area (Å²) in [4.78, 5) is 6.00. The highest BCUT2D eigenvalue weighted by Crippen LogP contribution is 2.22. The van der Waals surface area contributed by atoms with Crippen molar-refractivity contribution in [1.29, 1.82) is 0 Å². The fourth-order valence-corrected chi connectivity index (χ4v) is 3.36. The van der Waals surface area contributed by atoms with Crippen molar-refractivity contribution in [2.45, 2.75) is 31.8 Å². The molecule has 3 aromatic rings. The van der Waals surface area contributed by atoms with Gasteiger partial charge in [0.2, 0.25) is 0 Å². The van der Waals surface area contributed by atoms with E-state index < -0.39 is 0 Å². The first-order chi connectivity index (χ1) is 12.7. The Morgan fingerprint density at radius 2 is 2.04 bits per heavy atom. The average Bonchev–Trinajstić information content (AvgIpc) is 3.08. The highest BCUT2D eigenvalue weighted by atomic mass is 127. The molecule has 0 saturated heterocycles. The number of halogens is 1. The Morgan fingerprint density at radius 3 is 2.81 bits per heavy atom. The zero-order valence-corrected chi connectivity index (χ0v) is 18.9. The SMILES string of the molecule is CCNC(=NCc1ccc(C)cc1SC)NCc1nnc2ccccn12.I. The normalized spacial score (nSPS) is 11.3. The molecule has 0 atom stereocenters.